The Balaban J connectivity index is 1.70. The van der Waals surface area contributed by atoms with Gasteiger partial charge < -0.3 is 11.1 Å². The number of anilines is 2. The summed E-state index contributed by atoms with van der Waals surface area (Å²) < 4.78 is 14.6. The summed E-state index contributed by atoms with van der Waals surface area (Å²) in [6.07, 6.45) is 4.34. The third-order valence-electron chi connectivity index (χ3n) is 4.05. The number of rotatable bonds is 3. The molecule has 122 valence electrons. The number of amides is 1. The zero-order valence-corrected chi connectivity index (χ0v) is 12.9. The molecular formula is C16H15FN6O. The second-order valence-electron chi connectivity index (χ2n) is 5.93. The van der Waals surface area contributed by atoms with Gasteiger partial charge in [-0.15, -0.1) is 0 Å². The number of carbonyl (C=O) groups excluding carboxylic acids is 1. The summed E-state index contributed by atoms with van der Waals surface area (Å²) in [4.78, 5) is 20.4. The SMILES string of the molecule is Cn1cc(-c2cc3cc(NC(=O)[C@@H]4C[C@H]4F)ncc3c(N)n2)cn1. The smallest absolute Gasteiger partial charge is 0.231 e. The van der Waals surface area contributed by atoms with Crippen LogP contribution in [0.25, 0.3) is 22.0 Å². The third kappa shape index (κ3) is 2.55. The zero-order chi connectivity index (χ0) is 16.8. The average Bonchev–Trinajstić information content (AvgIpc) is 3.12. The summed E-state index contributed by atoms with van der Waals surface area (Å²) in [6.45, 7) is 0. The van der Waals surface area contributed by atoms with Crippen LogP contribution in [0.2, 0.25) is 0 Å². The number of aryl methyl sites for hydroxylation is 1. The minimum Gasteiger partial charge on any atom is -0.383 e. The van der Waals surface area contributed by atoms with Crippen molar-refractivity contribution in [3.05, 3.63) is 30.7 Å². The summed E-state index contributed by atoms with van der Waals surface area (Å²) in [7, 11) is 1.82. The van der Waals surface area contributed by atoms with E-state index in [2.05, 4.69) is 20.4 Å². The van der Waals surface area contributed by atoms with Crippen molar-refractivity contribution in [3.8, 4) is 11.3 Å². The number of hydrogen-bond acceptors (Lipinski definition) is 5. The van der Waals surface area contributed by atoms with Crippen molar-refractivity contribution in [2.75, 3.05) is 11.1 Å². The molecule has 24 heavy (non-hydrogen) atoms. The molecule has 1 saturated carbocycles. The van der Waals surface area contributed by atoms with Gasteiger partial charge in [0.1, 0.15) is 17.8 Å². The second-order valence-corrected chi connectivity index (χ2v) is 5.93. The second kappa shape index (κ2) is 5.26. The van der Waals surface area contributed by atoms with Crippen LogP contribution in [0.4, 0.5) is 16.0 Å². The largest absolute Gasteiger partial charge is 0.383 e. The highest BCUT2D eigenvalue weighted by molar-refractivity contribution is 5.98. The molecule has 1 aliphatic rings. The van der Waals surface area contributed by atoms with Crippen LogP contribution in [-0.2, 0) is 11.8 Å². The van der Waals surface area contributed by atoms with Crippen molar-refractivity contribution >= 4 is 28.3 Å². The molecule has 3 aromatic heterocycles. The molecule has 0 radical (unpaired) electrons. The van der Waals surface area contributed by atoms with Crippen molar-refractivity contribution < 1.29 is 9.18 Å². The maximum Gasteiger partial charge on any atom is 0.231 e. The Morgan fingerprint density at radius 3 is 2.88 bits per heavy atom. The molecule has 4 rings (SSSR count). The van der Waals surface area contributed by atoms with E-state index in [0.717, 1.165) is 10.9 Å². The first-order valence-corrected chi connectivity index (χ1v) is 7.51. The number of alkyl halides is 1. The molecule has 3 heterocycles. The Labute approximate surface area is 136 Å². The van der Waals surface area contributed by atoms with E-state index in [-0.39, 0.29) is 12.3 Å². The first-order valence-electron chi connectivity index (χ1n) is 7.51. The van der Waals surface area contributed by atoms with Gasteiger partial charge in [0.15, 0.2) is 0 Å². The lowest BCUT2D eigenvalue weighted by Crippen LogP contribution is -2.15. The van der Waals surface area contributed by atoms with Crippen LogP contribution in [0, 0.1) is 5.92 Å². The molecule has 0 spiro atoms. The maximum atomic E-state index is 13.0. The van der Waals surface area contributed by atoms with E-state index >= 15 is 0 Å². The molecule has 1 aliphatic carbocycles. The number of halogens is 1. The van der Waals surface area contributed by atoms with Crippen molar-refractivity contribution in [1.29, 1.82) is 0 Å². The molecule has 3 N–H and O–H groups in total. The fraction of sp³-hybridized carbons (Fsp3) is 0.250. The summed E-state index contributed by atoms with van der Waals surface area (Å²) in [6, 6.07) is 3.57. The van der Waals surface area contributed by atoms with Gasteiger partial charge in [0, 0.05) is 30.4 Å². The molecule has 3 aromatic rings. The number of nitrogens with one attached hydrogen (secondary N) is 1. The van der Waals surface area contributed by atoms with E-state index in [1.165, 1.54) is 0 Å². The van der Waals surface area contributed by atoms with Gasteiger partial charge in [-0.05, 0) is 23.9 Å². The first kappa shape index (κ1) is 14.6. The number of nitrogens with two attached hydrogens (primary N) is 1. The van der Waals surface area contributed by atoms with Crippen molar-refractivity contribution in [3.63, 3.8) is 0 Å². The molecule has 8 heteroatoms. The fourth-order valence-corrected chi connectivity index (χ4v) is 2.60. The van der Waals surface area contributed by atoms with Gasteiger partial charge in [-0.3, -0.25) is 9.48 Å². The lowest BCUT2D eigenvalue weighted by atomic mass is 10.1. The fourth-order valence-electron chi connectivity index (χ4n) is 2.60. The molecule has 0 unspecified atom stereocenters. The minimum absolute atomic E-state index is 0.279. The lowest BCUT2D eigenvalue weighted by Gasteiger charge is -2.08. The number of fused-ring (bicyclic) bond motifs is 1. The van der Waals surface area contributed by atoms with E-state index in [0.29, 0.717) is 22.7 Å². The number of pyridine rings is 2. The molecule has 0 saturated heterocycles. The minimum atomic E-state index is -1.04. The Morgan fingerprint density at radius 2 is 2.21 bits per heavy atom. The average molecular weight is 326 g/mol. The summed E-state index contributed by atoms with van der Waals surface area (Å²) in [5.74, 6) is -0.183. The topological polar surface area (TPSA) is 98.7 Å². The highest BCUT2D eigenvalue weighted by Gasteiger charge is 2.43. The maximum absolute atomic E-state index is 13.0. The molecule has 0 bridgehead atoms. The van der Waals surface area contributed by atoms with E-state index in [9.17, 15) is 9.18 Å². The Hall–Kier alpha value is -3.03. The monoisotopic (exact) mass is 326 g/mol. The lowest BCUT2D eigenvalue weighted by molar-refractivity contribution is -0.117. The molecule has 0 aromatic carbocycles. The quantitative estimate of drug-likeness (QED) is 0.766. The standard InChI is InChI=1S/C16H15FN6O/c1-23-7-9(5-20-23)13-2-8-3-14(19-6-11(8)15(18)21-13)22-16(24)10-4-12(10)17/h2-3,5-7,10,12H,4H2,1H3,(H2,18,21)(H,19,22,24)/t10-,12-/m1/s1. The summed E-state index contributed by atoms with van der Waals surface area (Å²) in [5.41, 5.74) is 7.54. The zero-order valence-electron chi connectivity index (χ0n) is 12.9. The van der Waals surface area contributed by atoms with Crippen molar-refractivity contribution in [2.45, 2.75) is 12.6 Å². The number of hydrogen-bond donors (Lipinski definition) is 2. The van der Waals surface area contributed by atoms with Crippen LogP contribution in [0.5, 0.6) is 0 Å². The van der Waals surface area contributed by atoms with Gasteiger partial charge in [0.25, 0.3) is 0 Å². The number of carbonyl (C=O) groups is 1. The third-order valence-corrected chi connectivity index (χ3v) is 4.05. The number of nitrogens with zero attached hydrogens (tertiary/aromatic N) is 4. The van der Waals surface area contributed by atoms with Gasteiger partial charge in [-0.2, -0.15) is 5.10 Å². The summed E-state index contributed by atoms with van der Waals surface area (Å²) >= 11 is 0. The van der Waals surface area contributed by atoms with Crippen LogP contribution in [-0.4, -0.2) is 31.8 Å². The molecular weight excluding hydrogens is 311 g/mol. The Bertz CT molecular complexity index is 953. The highest BCUT2D eigenvalue weighted by atomic mass is 19.1. The van der Waals surface area contributed by atoms with Gasteiger partial charge in [0.05, 0.1) is 17.8 Å². The van der Waals surface area contributed by atoms with Crippen LogP contribution >= 0.6 is 0 Å². The normalized spacial score (nSPS) is 19.4. The molecule has 2 atom stereocenters. The number of nitrogen functional groups attached to an aromatic ring is 1. The Kier molecular flexibility index (Phi) is 3.19. The molecule has 1 amide bonds. The van der Waals surface area contributed by atoms with Crippen molar-refractivity contribution in [1.82, 2.24) is 19.7 Å². The van der Waals surface area contributed by atoms with E-state index < -0.39 is 12.1 Å². The highest BCUT2D eigenvalue weighted by Crippen LogP contribution is 2.35. The van der Waals surface area contributed by atoms with Crippen molar-refractivity contribution in [2.24, 2.45) is 13.0 Å². The molecule has 7 nitrogen and oxygen atoms in total. The number of aromatic nitrogens is 4. The summed E-state index contributed by atoms with van der Waals surface area (Å²) in [5, 5.41) is 8.25. The predicted octanol–water partition coefficient (Wildman–Crippen LogP) is 1.91. The first-order chi connectivity index (χ1) is 11.5. The van der Waals surface area contributed by atoms with Crippen LogP contribution < -0.4 is 11.1 Å². The van der Waals surface area contributed by atoms with Gasteiger partial charge in [-0.25, -0.2) is 14.4 Å². The van der Waals surface area contributed by atoms with Gasteiger partial charge >= 0.3 is 0 Å². The van der Waals surface area contributed by atoms with Gasteiger partial charge in [0.2, 0.25) is 5.91 Å². The van der Waals surface area contributed by atoms with Gasteiger partial charge in [-0.1, -0.05) is 0 Å². The van der Waals surface area contributed by atoms with E-state index in [1.54, 1.807) is 23.1 Å². The van der Waals surface area contributed by atoms with E-state index in [1.807, 2.05) is 19.3 Å². The molecule has 1 fully saturated rings. The van der Waals surface area contributed by atoms with Crippen LogP contribution in [0.3, 0.4) is 0 Å². The molecule has 0 aliphatic heterocycles. The Morgan fingerprint density at radius 1 is 1.42 bits per heavy atom. The van der Waals surface area contributed by atoms with Crippen LogP contribution in [0.15, 0.2) is 30.7 Å². The van der Waals surface area contributed by atoms with E-state index in [4.69, 9.17) is 5.73 Å². The van der Waals surface area contributed by atoms with Crippen LogP contribution in [0.1, 0.15) is 6.42 Å². The predicted molar refractivity (Wildman–Crippen MR) is 87.8 cm³/mol.